The normalized spacial score (nSPS) is 46.3. The van der Waals surface area contributed by atoms with Crippen LogP contribution in [-0.4, -0.2) is 28.2 Å². The highest BCUT2D eigenvalue weighted by Gasteiger charge is 2.59. The van der Waals surface area contributed by atoms with E-state index in [4.69, 9.17) is 4.74 Å². The molecule has 5 aliphatic rings. The number of rotatable bonds is 3. The largest absolute Gasteiger partial charge is 0.462 e. The first-order valence-electron chi connectivity index (χ1n) is 12.9. The molecule has 4 fully saturated rings. The van der Waals surface area contributed by atoms with Crippen molar-refractivity contribution in [3.8, 4) is 0 Å². The summed E-state index contributed by atoms with van der Waals surface area (Å²) in [6.45, 7) is 9.41. The maximum atomic E-state index is 11.5. The Hall–Kier alpha value is -0.0900. The first-order chi connectivity index (χ1) is 14.8. The third-order valence-electron chi connectivity index (χ3n) is 10.4. The van der Waals surface area contributed by atoms with Crippen LogP contribution in [0.25, 0.3) is 0 Å². The fraction of sp³-hybridized carbons (Fsp3) is 0.889. The van der Waals surface area contributed by atoms with Crippen molar-refractivity contribution < 1.29 is 9.53 Å². The summed E-state index contributed by atoms with van der Waals surface area (Å²) in [6, 6.07) is 0. The second-order valence-electron chi connectivity index (χ2n) is 11.8. The molecule has 8 atom stereocenters. The van der Waals surface area contributed by atoms with Crippen LogP contribution in [0.2, 0.25) is 0 Å². The summed E-state index contributed by atoms with van der Waals surface area (Å²) >= 11 is 4.51. The number of carbonyl (C=O) groups excluding carboxylic acids is 1. The molecule has 4 aliphatic carbocycles. The molecular formula is C27H42O2S2. The SMILES string of the molecule is CC(=O)O[C@H]1CC[C@@]2(C)C(=CC[C@H]3[C@@H]4CC[C@H]([C@@H](C)C5SCCCS5)[C@@]4(C)CC[C@@H]32)C1. The minimum Gasteiger partial charge on any atom is -0.462 e. The molecule has 4 heteroatoms. The molecule has 0 unspecified atom stereocenters. The van der Waals surface area contributed by atoms with Gasteiger partial charge in [0.15, 0.2) is 0 Å². The van der Waals surface area contributed by atoms with Gasteiger partial charge in [-0.15, -0.1) is 23.5 Å². The lowest BCUT2D eigenvalue weighted by Crippen LogP contribution is -2.51. The lowest BCUT2D eigenvalue weighted by molar-refractivity contribution is -0.148. The molecule has 3 saturated carbocycles. The fourth-order valence-electron chi connectivity index (χ4n) is 8.87. The average molecular weight is 463 g/mol. The van der Waals surface area contributed by atoms with Gasteiger partial charge in [0, 0.05) is 13.3 Å². The summed E-state index contributed by atoms with van der Waals surface area (Å²) in [5.41, 5.74) is 2.52. The lowest BCUT2D eigenvalue weighted by atomic mass is 9.47. The van der Waals surface area contributed by atoms with Gasteiger partial charge in [0.25, 0.3) is 0 Å². The van der Waals surface area contributed by atoms with Crippen molar-refractivity contribution in [3.05, 3.63) is 11.6 Å². The maximum Gasteiger partial charge on any atom is 0.302 e. The summed E-state index contributed by atoms with van der Waals surface area (Å²) in [5.74, 6) is 7.04. The second kappa shape index (κ2) is 8.60. The van der Waals surface area contributed by atoms with Crippen molar-refractivity contribution >= 4 is 29.5 Å². The van der Waals surface area contributed by atoms with Gasteiger partial charge in [-0.2, -0.15) is 0 Å². The van der Waals surface area contributed by atoms with Crippen LogP contribution < -0.4 is 0 Å². The predicted molar refractivity (Wildman–Crippen MR) is 133 cm³/mol. The van der Waals surface area contributed by atoms with Gasteiger partial charge in [-0.1, -0.05) is 32.4 Å². The lowest BCUT2D eigenvalue weighted by Gasteiger charge is -2.58. The highest BCUT2D eigenvalue weighted by Crippen LogP contribution is 2.68. The van der Waals surface area contributed by atoms with Crippen molar-refractivity contribution in [2.75, 3.05) is 11.5 Å². The first-order valence-corrected chi connectivity index (χ1v) is 15.0. The quantitative estimate of drug-likeness (QED) is 0.324. The molecule has 1 saturated heterocycles. The Bertz CT molecular complexity index is 729. The monoisotopic (exact) mass is 462 g/mol. The summed E-state index contributed by atoms with van der Waals surface area (Å²) in [5, 5.41) is 0. The Kier molecular flexibility index (Phi) is 6.30. The van der Waals surface area contributed by atoms with Crippen LogP contribution in [0.15, 0.2) is 11.6 Å². The smallest absolute Gasteiger partial charge is 0.302 e. The van der Waals surface area contributed by atoms with E-state index in [2.05, 4.69) is 50.4 Å². The number of allylic oxidation sites excluding steroid dienone is 1. The Balaban J connectivity index is 1.34. The highest BCUT2D eigenvalue weighted by molar-refractivity contribution is 8.17. The third kappa shape index (κ3) is 3.84. The molecule has 0 amide bonds. The van der Waals surface area contributed by atoms with E-state index in [0.717, 1.165) is 47.0 Å². The molecule has 2 nitrogen and oxygen atoms in total. The summed E-state index contributed by atoms with van der Waals surface area (Å²) in [7, 11) is 0. The molecule has 1 heterocycles. The number of fused-ring (bicyclic) bond motifs is 5. The topological polar surface area (TPSA) is 26.3 Å². The zero-order chi connectivity index (χ0) is 21.8. The number of thioether (sulfide) groups is 2. The third-order valence-corrected chi connectivity index (χ3v) is 13.8. The van der Waals surface area contributed by atoms with Crippen LogP contribution in [0.4, 0.5) is 0 Å². The van der Waals surface area contributed by atoms with Crippen molar-refractivity contribution in [2.45, 2.75) is 96.2 Å². The molecule has 0 radical (unpaired) electrons. The predicted octanol–water partition coefficient (Wildman–Crippen LogP) is 7.33. The zero-order valence-electron chi connectivity index (χ0n) is 20.0. The van der Waals surface area contributed by atoms with Gasteiger partial charge in [-0.3, -0.25) is 4.79 Å². The van der Waals surface area contributed by atoms with E-state index in [1.165, 1.54) is 56.5 Å². The first kappa shape index (κ1) is 22.7. The molecule has 31 heavy (non-hydrogen) atoms. The molecule has 0 aromatic rings. The molecule has 0 N–H and O–H groups in total. The standard InChI is InChI=1S/C27H42O2S2/c1-17(25-30-14-5-15-31-25)22-8-9-23-21-7-6-19-16-20(29-18(2)28)10-12-26(19,3)24(21)11-13-27(22,23)4/h6,17,20-25H,5,7-16H2,1-4H3/t17-,20+,21+,22-,23+,24+,26+,27-/m1/s1. The van der Waals surface area contributed by atoms with Gasteiger partial charge >= 0.3 is 5.97 Å². The van der Waals surface area contributed by atoms with Crippen molar-refractivity contribution in [2.24, 2.45) is 40.4 Å². The van der Waals surface area contributed by atoms with Gasteiger partial charge < -0.3 is 4.74 Å². The van der Waals surface area contributed by atoms with Crippen molar-refractivity contribution in [3.63, 3.8) is 0 Å². The minimum atomic E-state index is -0.114. The Morgan fingerprint density at radius 2 is 1.87 bits per heavy atom. The van der Waals surface area contributed by atoms with Crippen LogP contribution in [0.5, 0.6) is 0 Å². The molecule has 5 rings (SSSR count). The molecule has 0 aromatic heterocycles. The summed E-state index contributed by atoms with van der Waals surface area (Å²) < 4.78 is 6.45. The van der Waals surface area contributed by atoms with E-state index >= 15 is 0 Å². The van der Waals surface area contributed by atoms with Gasteiger partial charge in [0.2, 0.25) is 0 Å². The summed E-state index contributed by atoms with van der Waals surface area (Å²) in [6.07, 6.45) is 14.4. The van der Waals surface area contributed by atoms with Gasteiger partial charge in [0.05, 0.1) is 4.58 Å². The summed E-state index contributed by atoms with van der Waals surface area (Å²) in [4.78, 5) is 11.5. The maximum absolute atomic E-state index is 11.5. The minimum absolute atomic E-state index is 0.114. The Labute approximate surface area is 198 Å². The number of esters is 1. The Morgan fingerprint density at radius 1 is 1.10 bits per heavy atom. The van der Waals surface area contributed by atoms with E-state index in [1.54, 1.807) is 12.5 Å². The molecule has 174 valence electrons. The molecule has 0 spiro atoms. The van der Waals surface area contributed by atoms with Gasteiger partial charge in [0.1, 0.15) is 6.10 Å². The Morgan fingerprint density at radius 3 is 2.61 bits per heavy atom. The second-order valence-corrected chi connectivity index (χ2v) is 14.6. The van der Waals surface area contributed by atoms with Crippen LogP contribution in [0.3, 0.4) is 0 Å². The highest BCUT2D eigenvalue weighted by atomic mass is 32.2. The van der Waals surface area contributed by atoms with Crippen molar-refractivity contribution in [1.82, 2.24) is 0 Å². The van der Waals surface area contributed by atoms with Crippen molar-refractivity contribution in [1.29, 1.82) is 0 Å². The van der Waals surface area contributed by atoms with Crippen LogP contribution >= 0.6 is 23.5 Å². The number of ether oxygens (including phenoxy) is 1. The van der Waals surface area contributed by atoms with Crippen LogP contribution in [0.1, 0.15) is 85.5 Å². The van der Waals surface area contributed by atoms with E-state index < -0.39 is 0 Å². The average Bonchev–Trinajstić information content (AvgIpc) is 3.11. The van der Waals surface area contributed by atoms with E-state index in [9.17, 15) is 4.79 Å². The molecule has 0 aromatic carbocycles. The van der Waals surface area contributed by atoms with Gasteiger partial charge in [-0.25, -0.2) is 0 Å². The molecule has 0 bridgehead atoms. The molecular weight excluding hydrogens is 420 g/mol. The number of hydrogen-bond donors (Lipinski definition) is 0. The van der Waals surface area contributed by atoms with Gasteiger partial charge in [-0.05, 0) is 103 Å². The van der Waals surface area contributed by atoms with Crippen LogP contribution in [-0.2, 0) is 9.53 Å². The molecule has 1 aliphatic heterocycles. The zero-order valence-corrected chi connectivity index (χ0v) is 21.7. The van der Waals surface area contributed by atoms with E-state index in [-0.39, 0.29) is 12.1 Å². The van der Waals surface area contributed by atoms with Crippen LogP contribution in [0, 0.1) is 40.4 Å². The fourth-order valence-corrected chi connectivity index (χ4v) is 12.1. The van der Waals surface area contributed by atoms with E-state index in [1.807, 2.05) is 0 Å². The number of carbonyl (C=O) groups is 1. The van der Waals surface area contributed by atoms with E-state index in [0.29, 0.717) is 10.8 Å². The number of hydrogen-bond acceptors (Lipinski definition) is 4.